The summed E-state index contributed by atoms with van der Waals surface area (Å²) in [6, 6.07) is 5.94. The van der Waals surface area contributed by atoms with Gasteiger partial charge in [-0.1, -0.05) is 18.2 Å². The molecular weight excluding hydrogens is 267 g/mol. The monoisotopic (exact) mass is 278 g/mol. The third-order valence-electron chi connectivity index (χ3n) is 2.92. The Hall–Kier alpha value is -0.650. The number of rotatable bonds is 2. The molecule has 2 rings (SSSR count). The fourth-order valence-corrected chi connectivity index (χ4v) is 3.17. The average Bonchev–Trinajstić information content (AvgIpc) is 2.29. The van der Waals surface area contributed by atoms with Crippen LogP contribution in [-0.2, 0) is 19.5 Å². The molecule has 0 bridgehead atoms. The Morgan fingerprint density at radius 3 is 2.41 bits per heavy atom. The van der Waals surface area contributed by atoms with E-state index >= 15 is 0 Å². The fourth-order valence-electron chi connectivity index (χ4n) is 2.01. The van der Waals surface area contributed by atoms with Crippen LogP contribution in [0.4, 0.5) is 4.39 Å². The molecule has 17 heavy (non-hydrogen) atoms. The number of benzene rings is 1. The van der Waals surface area contributed by atoms with Crippen molar-refractivity contribution in [3.63, 3.8) is 0 Å². The Balaban J connectivity index is 2.51. The fraction of sp³-hybridized carbons (Fsp3) is 0.455. The smallest absolute Gasteiger partial charge is 0.261 e. The Bertz CT molecular complexity index is 509. The molecule has 0 N–H and O–H groups in total. The molecule has 1 heterocycles. The van der Waals surface area contributed by atoms with Crippen molar-refractivity contribution in [3.8, 4) is 0 Å². The topological polar surface area (TPSA) is 43.4 Å². The molecule has 1 fully saturated rings. The van der Waals surface area contributed by atoms with E-state index in [0.29, 0.717) is 0 Å². The van der Waals surface area contributed by atoms with Crippen molar-refractivity contribution in [1.82, 2.24) is 0 Å². The Kier molecular flexibility index (Phi) is 3.43. The molecule has 0 aromatic heterocycles. The van der Waals surface area contributed by atoms with Gasteiger partial charge < -0.3 is 4.74 Å². The maximum atomic E-state index is 14.7. The van der Waals surface area contributed by atoms with Gasteiger partial charge in [-0.3, -0.25) is 0 Å². The second kappa shape index (κ2) is 4.55. The molecule has 1 saturated heterocycles. The van der Waals surface area contributed by atoms with Gasteiger partial charge >= 0.3 is 0 Å². The molecule has 1 aliphatic heterocycles. The van der Waals surface area contributed by atoms with E-state index in [9.17, 15) is 12.8 Å². The largest absolute Gasteiger partial charge is 0.381 e. The lowest BCUT2D eigenvalue weighted by atomic mass is 9.88. The van der Waals surface area contributed by atoms with Crippen molar-refractivity contribution in [2.75, 3.05) is 13.2 Å². The number of ether oxygens (including phenoxy) is 1. The number of hydrogen-bond donors (Lipinski definition) is 0. The zero-order chi connectivity index (χ0) is 12.5. The van der Waals surface area contributed by atoms with Gasteiger partial charge in [0.1, 0.15) is 5.67 Å². The molecule has 3 nitrogen and oxygen atoms in total. The van der Waals surface area contributed by atoms with Gasteiger partial charge in [-0.05, 0) is 6.07 Å². The van der Waals surface area contributed by atoms with Gasteiger partial charge in [0, 0.05) is 42.3 Å². The van der Waals surface area contributed by atoms with Crippen LogP contribution < -0.4 is 0 Å². The Morgan fingerprint density at radius 2 is 1.82 bits per heavy atom. The van der Waals surface area contributed by atoms with E-state index in [1.165, 1.54) is 18.2 Å². The summed E-state index contributed by atoms with van der Waals surface area (Å²) in [6.07, 6.45) is 0.298. The zero-order valence-corrected chi connectivity index (χ0v) is 10.6. The van der Waals surface area contributed by atoms with E-state index in [4.69, 9.17) is 15.4 Å². The lowest BCUT2D eigenvalue weighted by Crippen LogP contribution is -2.30. The van der Waals surface area contributed by atoms with E-state index in [0.717, 1.165) is 0 Å². The molecule has 0 unspecified atom stereocenters. The summed E-state index contributed by atoms with van der Waals surface area (Å²) in [4.78, 5) is -0.147. The Morgan fingerprint density at radius 1 is 1.24 bits per heavy atom. The van der Waals surface area contributed by atoms with E-state index in [1.807, 2.05) is 0 Å². The van der Waals surface area contributed by atoms with Crippen molar-refractivity contribution in [2.24, 2.45) is 0 Å². The molecule has 1 aromatic rings. The van der Waals surface area contributed by atoms with Crippen molar-refractivity contribution in [1.29, 1.82) is 0 Å². The van der Waals surface area contributed by atoms with Gasteiger partial charge in [-0.2, -0.15) is 0 Å². The molecule has 1 aromatic carbocycles. The van der Waals surface area contributed by atoms with E-state index in [-0.39, 0.29) is 36.5 Å². The summed E-state index contributed by atoms with van der Waals surface area (Å²) in [5.74, 6) is 0. The van der Waals surface area contributed by atoms with Crippen LogP contribution >= 0.6 is 10.7 Å². The van der Waals surface area contributed by atoms with Crippen molar-refractivity contribution >= 4 is 19.7 Å². The number of alkyl halides is 1. The minimum Gasteiger partial charge on any atom is -0.381 e. The van der Waals surface area contributed by atoms with Gasteiger partial charge in [0.2, 0.25) is 0 Å². The maximum Gasteiger partial charge on any atom is 0.261 e. The maximum absolute atomic E-state index is 14.7. The van der Waals surface area contributed by atoms with Gasteiger partial charge in [0.15, 0.2) is 0 Å². The van der Waals surface area contributed by atoms with Crippen LogP contribution in [0.3, 0.4) is 0 Å². The van der Waals surface area contributed by atoms with Gasteiger partial charge in [0.25, 0.3) is 9.05 Å². The summed E-state index contributed by atoms with van der Waals surface area (Å²) < 4.78 is 42.6. The molecule has 1 aliphatic rings. The minimum absolute atomic E-state index is 0.137. The molecule has 0 aliphatic carbocycles. The average molecular weight is 279 g/mol. The Labute approximate surface area is 104 Å². The molecule has 0 radical (unpaired) electrons. The normalized spacial score (nSPS) is 20.1. The standard InChI is InChI=1S/C11H12ClFO3S/c12-17(14,15)10-4-2-1-3-9(10)11(13)5-7-16-8-6-11/h1-4H,5-8H2. The van der Waals surface area contributed by atoms with Gasteiger partial charge in [-0.15, -0.1) is 0 Å². The van der Waals surface area contributed by atoms with Crippen molar-refractivity contribution < 1.29 is 17.5 Å². The van der Waals surface area contributed by atoms with Crippen molar-refractivity contribution in [2.45, 2.75) is 23.4 Å². The lowest BCUT2D eigenvalue weighted by molar-refractivity contribution is -0.0129. The first kappa shape index (κ1) is 12.8. The van der Waals surface area contributed by atoms with Gasteiger partial charge in [-0.25, -0.2) is 12.8 Å². The molecule has 6 heteroatoms. The van der Waals surface area contributed by atoms with Crippen LogP contribution in [0.15, 0.2) is 29.2 Å². The number of halogens is 2. The lowest BCUT2D eigenvalue weighted by Gasteiger charge is -2.30. The summed E-state index contributed by atoms with van der Waals surface area (Å²) in [6.45, 7) is 0.570. The van der Waals surface area contributed by atoms with E-state index in [1.54, 1.807) is 6.07 Å². The predicted molar refractivity (Wildman–Crippen MR) is 62.3 cm³/mol. The van der Waals surface area contributed by atoms with Crippen molar-refractivity contribution in [3.05, 3.63) is 29.8 Å². The van der Waals surface area contributed by atoms with Gasteiger partial charge in [0.05, 0.1) is 4.90 Å². The minimum atomic E-state index is -3.93. The summed E-state index contributed by atoms with van der Waals surface area (Å²) in [5, 5.41) is 0. The summed E-state index contributed by atoms with van der Waals surface area (Å²) in [5.41, 5.74) is -1.53. The van der Waals surface area contributed by atoms with Crippen LogP contribution in [0, 0.1) is 0 Å². The second-order valence-electron chi connectivity index (χ2n) is 4.01. The van der Waals surface area contributed by atoms with Crippen LogP contribution in [0.2, 0.25) is 0 Å². The number of hydrogen-bond acceptors (Lipinski definition) is 3. The molecule has 0 spiro atoms. The van der Waals surface area contributed by atoms with Crippen LogP contribution in [0.25, 0.3) is 0 Å². The van der Waals surface area contributed by atoms with Crippen LogP contribution in [0.1, 0.15) is 18.4 Å². The first-order valence-electron chi connectivity index (χ1n) is 5.24. The van der Waals surface area contributed by atoms with E-state index < -0.39 is 14.7 Å². The third-order valence-corrected chi connectivity index (χ3v) is 4.30. The quantitative estimate of drug-likeness (QED) is 0.781. The van der Waals surface area contributed by atoms with Crippen LogP contribution in [0.5, 0.6) is 0 Å². The first-order chi connectivity index (χ1) is 7.93. The molecule has 94 valence electrons. The summed E-state index contributed by atoms with van der Waals surface area (Å²) in [7, 11) is 1.39. The highest BCUT2D eigenvalue weighted by Crippen LogP contribution is 2.40. The first-order valence-corrected chi connectivity index (χ1v) is 7.55. The third kappa shape index (κ3) is 2.61. The van der Waals surface area contributed by atoms with Crippen LogP contribution in [-0.4, -0.2) is 21.6 Å². The molecule has 0 saturated carbocycles. The molecule has 0 atom stereocenters. The molecular formula is C11H12ClFO3S. The predicted octanol–water partition coefficient (Wildman–Crippen LogP) is 2.59. The highest BCUT2D eigenvalue weighted by molar-refractivity contribution is 8.13. The van der Waals surface area contributed by atoms with E-state index in [2.05, 4.69) is 0 Å². The summed E-state index contributed by atoms with van der Waals surface area (Å²) >= 11 is 0. The second-order valence-corrected chi connectivity index (χ2v) is 6.55. The highest BCUT2D eigenvalue weighted by Gasteiger charge is 2.38. The SMILES string of the molecule is O=S(=O)(Cl)c1ccccc1C1(F)CCOCC1. The molecule has 0 amide bonds. The highest BCUT2D eigenvalue weighted by atomic mass is 35.7. The zero-order valence-electron chi connectivity index (χ0n) is 9.03.